The lowest BCUT2D eigenvalue weighted by atomic mass is 10.1. The highest BCUT2D eigenvalue weighted by atomic mass is 16.3. The zero-order valence-corrected chi connectivity index (χ0v) is 12.5. The van der Waals surface area contributed by atoms with Crippen molar-refractivity contribution in [3.63, 3.8) is 0 Å². The number of β-amino-alcohol motifs (C(OH)–C–C–N with tert-alkyl or cyclic N) is 1. The van der Waals surface area contributed by atoms with Gasteiger partial charge in [-0.3, -0.25) is 4.90 Å². The molecule has 1 saturated heterocycles. The van der Waals surface area contributed by atoms with E-state index in [4.69, 9.17) is 0 Å². The van der Waals surface area contributed by atoms with E-state index in [-0.39, 0.29) is 6.10 Å². The summed E-state index contributed by atoms with van der Waals surface area (Å²) >= 11 is 0. The molecule has 1 saturated carbocycles. The molecule has 2 aliphatic heterocycles. The Kier molecular flexibility index (Phi) is 3.69. The second kappa shape index (κ2) is 5.66. The van der Waals surface area contributed by atoms with Gasteiger partial charge in [-0.2, -0.15) is 5.10 Å². The number of aryl methyl sites for hydroxylation is 1. The quantitative estimate of drug-likeness (QED) is 0.837. The van der Waals surface area contributed by atoms with Crippen molar-refractivity contribution in [3.8, 4) is 0 Å². The van der Waals surface area contributed by atoms with Gasteiger partial charge in [0.2, 0.25) is 0 Å². The normalized spacial score (nSPS) is 36.4. The Balaban J connectivity index is 1.34. The summed E-state index contributed by atoms with van der Waals surface area (Å²) in [5.41, 5.74) is 0. The third kappa shape index (κ3) is 2.60. The fraction of sp³-hybridized carbons (Fsp3) is 0.867. The summed E-state index contributed by atoms with van der Waals surface area (Å²) in [6.07, 6.45) is 8.53. The number of aromatic nitrogens is 3. The number of hydrogen-bond acceptors (Lipinski definition) is 5. The summed E-state index contributed by atoms with van der Waals surface area (Å²) in [5.74, 6) is 1.13. The summed E-state index contributed by atoms with van der Waals surface area (Å²) in [6, 6.07) is 1.65. The molecule has 0 radical (unpaired) electrons. The lowest BCUT2D eigenvalue weighted by Gasteiger charge is -2.30. The standard InChI is InChI=1S/C15H25N5O/c21-12-6-7-19(9-12)14-3-1-2-13(14)16-8-11-4-5-15-17-10-18-20(11)15/h10-14,16,21H,1-9H2/t11?,12?,13-,14+/m1/s1. The highest BCUT2D eigenvalue weighted by Crippen LogP contribution is 2.28. The fourth-order valence-electron chi connectivity index (χ4n) is 4.34. The van der Waals surface area contributed by atoms with Gasteiger partial charge in [-0.15, -0.1) is 0 Å². The maximum absolute atomic E-state index is 9.75. The van der Waals surface area contributed by atoms with Crippen molar-refractivity contribution in [1.82, 2.24) is 25.0 Å². The van der Waals surface area contributed by atoms with Crippen molar-refractivity contribution in [2.45, 2.75) is 62.8 Å². The first-order chi connectivity index (χ1) is 10.3. The monoisotopic (exact) mass is 291 g/mol. The first-order valence-corrected chi connectivity index (χ1v) is 8.35. The van der Waals surface area contributed by atoms with Crippen LogP contribution in [0.2, 0.25) is 0 Å². The SMILES string of the molecule is OC1CCN([C@H]2CCC[C@H]2NCC2CCc3ncnn32)C1. The maximum Gasteiger partial charge on any atom is 0.138 e. The van der Waals surface area contributed by atoms with E-state index in [1.165, 1.54) is 19.3 Å². The van der Waals surface area contributed by atoms with Crippen molar-refractivity contribution in [1.29, 1.82) is 0 Å². The summed E-state index contributed by atoms with van der Waals surface area (Å²) in [7, 11) is 0. The minimum absolute atomic E-state index is 0.112. The van der Waals surface area contributed by atoms with Crippen LogP contribution in [0.1, 0.15) is 44.0 Å². The molecule has 1 aliphatic carbocycles. The summed E-state index contributed by atoms with van der Waals surface area (Å²) in [5, 5.41) is 17.9. The van der Waals surface area contributed by atoms with Crippen LogP contribution in [-0.4, -0.2) is 62.6 Å². The van der Waals surface area contributed by atoms with E-state index in [9.17, 15) is 5.11 Å². The number of aliphatic hydroxyl groups excluding tert-OH is 1. The molecule has 0 bridgehead atoms. The molecule has 6 heteroatoms. The van der Waals surface area contributed by atoms with E-state index in [0.717, 1.165) is 44.7 Å². The van der Waals surface area contributed by atoms with Gasteiger partial charge in [-0.25, -0.2) is 9.67 Å². The Hall–Kier alpha value is -0.980. The van der Waals surface area contributed by atoms with Crippen molar-refractivity contribution < 1.29 is 5.11 Å². The van der Waals surface area contributed by atoms with E-state index in [2.05, 4.69) is 25.0 Å². The Morgan fingerprint density at radius 2 is 2.24 bits per heavy atom. The predicted octanol–water partition coefficient (Wildman–Crippen LogP) is 0.343. The van der Waals surface area contributed by atoms with E-state index in [1.54, 1.807) is 6.33 Å². The van der Waals surface area contributed by atoms with Gasteiger partial charge in [0, 0.05) is 38.1 Å². The van der Waals surface area contributed by atoms with Crippen molar-refractivity contribution >= 4 is 0 Å². The molecule has 1 aromatic rings. The third-order valence-electron chi connectivity index (χ3n) is 5.45. The van der Waals surface area contributed by atoms with Gasteiger partial charge in [0.05, 0.1) is 12.1 Å². The average Bonchev–Trinajstić information content (AvgIpc) is 3.21. The number of likely N-dealkylation sites (tertiary alicyclic amines) is 1. The average molecular weight is 291 g/mol. The van der Waals surface area contributed by atoms with Crippen LogP contribution in [0, 0.1) is 0 Å². The number of hydrogen-bond donors (Lipinski definition) is 2. The Morgan fingerprint density at radius 1 is 1.29 bits per heavy atom. The van der Waals surface area contributed by atoms with Gasteiger partial charge in [-0.1, -0.05) is 6.42 Å². The largest absolute Gasteiger partial charge is 0.392 e. The van der Waals surface area contributed by atoms with Gasteiger partial charge in [-0.05, 0) is 25.7 Å². The summed E-state index contributed by atoms with van der Waals surface area (Å²) in [4.78, 5) is 6.79. The first-order valence-electron chi connectivity index (χ1n) is 8.35. The number of fused-ring (bicyclic) bond motifs is 1. The van der Waals surface area contributed by atoms with Crippen molar-refractivity contribution in [2.75, 3.05) is 19.6 Å². The van der Waals surface area contributed by atoms with Crippen molar-refractivity contribution in [2.24, 2.45) is 0 Å². The Bertz CT molecular complexity index is 490. The molecule has 0 aromatic carbocycles. The van der Waals surface area contributed by atoms with Crippen LogP contribution in [0.25, 0.3) is 0 Å². The van der Waals surface area contributed by atoms with E-state index < -0.39 is 0 Å². The van der Waals surface area contributed by atoms with Crippen LogP contribution >= 0.6 is 0 Å². The van der Waals surface area contributed by atoms with Crippen LogP contribution in [0.3, 0.4) is 0 Å². The minimum atomic E-state index is -0.112. The molecule has 0 amide bonds. The highest BCUT2D eigenvalue weighted by Gasteiger charge is 2.36. The molecule has 21 heavy (non-hydrogen) atoms. The Morgan fingerprint density at radius 3 is 3.10 bits per heavy atom. The second-order valence-electron chi connectivity index (χ2n) is 6.76. The van der Waals surface area contributed by atoms with E-state index in [0.29, 0.717) is 18.1 Å². The molecule has 2 N–H and O–H groups in total. The zero-order valence-electron chi connectivity index (χ0n) is 12.5. The molecule has 3 aliphatic rings. The van der Waals surface area contributed by atoms with Crippen LogP contribution < -0.4 is 5.32 Å². The molecule has 0 spiro atoms. The van der Waals surface area contributed by atoms with Crippen LogP contribution in [0.15, 0.2) is 6.33 Å². The van der Waals surface area contributed by atoms with Gasteiger partial charge < -0.3 is 10.4 Å². The summed E-state index contributed by atoms with van der Waals surface area (Å²) < 4.78 is 2.09. The fourth-order valence-corrected chi connectivity index (χ4v) is 4.34. The highest BCUT2D eigenvalue weighted by molar-refractivity contribution is 4.98. The number of nitrogens with zero attached hydrogens (tertiary/aromatic N) is 4. The maximum atomic E-state index is 9.75. The summed E-state index contributed by atoms with van der Waals surface area (Å²) in [6.45, 7) is 2.91. The van der Waals surface area contributed by atoms with Gasteiger partial charge >= 0.3 is 0 Å². The van der Waals surface area contributed by atoms with E-state index in [1.807, 2.05) is 0 Å². The van der Waals surface area contributed by atoms with Crippen LogP contribution in [0.5, 0.6) is 0 Å². The van der Waals surface area contributed by atoms with Gasteiger partial charge in [0.1, 0.15) is 12.2 Å². The Labute approximate surface area is 125 Å². The van der Waals surface area contributed by atoms with Gasteiger partial charge in [0.25, 0.3) is 0 Å². The lowest BCUT2D eigenvalue weighted by molar-refractivity contribution is 0.149. The molecular weight excluding hydrogens is 266 g/mol. The van der Waals surface area contributed by atoms with E-state index >= 15 is 0 Å². The number of rotatable bonds is 4. The number of nitrogens with one attached hydrogen (secondary N) is 1. The molecule has 1 aromatic heterocycles. The molecule has 3 heterocycles. The predicted molar refractivity (Wildman–Crippen MR) is 79.0 cm³/mol. The smallest absolute Gasteiger partial charge is 0.138 e. The molecule has 4 rings (SSSR count). The molecule has 2 fully saturated rings. The third-order valence-corrected chi connectivity index (χ3v) is 5.45. The molecule has 4 atom stereocenters. The van der Waals surface area contributed by atoms with Crippen LogP contribution in [0.4, 0.5) is 0 Å². The first kappa shape index (κ1) is 13.7. The molecular formula is C15H25N5O. The number of aliphatic hydroxyl groups is 1. The zero-order chi connectivity index (χ0) is 14.2. The second-order valence-corrected chi connectivity index (χ2v) is 6.76. The topological polar surface area (TPSA) is 66.2 Å². The molecule has 2 unspecified atom stereocenters. The van der Waals surface area contributed by atoms with Gasteiger partial charge in [0.15, 0.2) is 0 Å². The molecule has 116 valence electrons. The minimum Gasteiger partial charge on any atom is -0.392 e. The lowest BCUT2D eigenvalue weighted by Crippen LogP contribution is -2.47. The molecule has 6 nitrogen and oxygen atoms in total. The van der Waals surface area contributed by atoms with Crippen molar-refractivity contribution in [3.05, 3.63) is 12.2 Å². The van der Waals surface area contributed by atoms with Crippen LogP contribution in [-0.2, 0) is 6.42 Å².